The highest BCUT2D eigenvalue weighted by atomic mass is 35.5. The Hall–Kier alpha value is -2.00. The number of hydrogen-bond donors (Lipinski definition) is 1. The van der Waals surface area contributed by atoms with E-state index in [4.69, 9.17) is 11.6 Å². The molecule has 0 spiro atoms. The van der Waals surface area contributed by atoms with E-state index in [1.165, 1.54) is 24.1 Å². The molecule has 4 rings (SSSR count). The van der Waals surface area contributed by atoms with E-state index < -0.39 is 0 Å². The Bertz CT molecular complexity index is 753. The van der Waals surface area contributed by atoms with Crippen molar-refractivity contribution < 1.29 is 4.79 Å². The summed E-state index contributed by atoms with van der Waals surface area (Å²) in [6.45, 7) is 0.866. The van der Waals surface area contributed by atoms with Gasteiger partial charge in [0.2, 0.25) is 5.91 Å². The smallest absolute Gasteiger partial charge is 0.247 e. The fourth-order valence-electron chi connectivity index (χ4n) is 4.10. The Balaban J connectivity index is 1.66. The Kier molecular flexibility index (Phi) is 4.67. The van der Waals surface area contributed by atoms with Gasteiger partial charge in [-0.15, -0.1) is 0 Å². The molecule has 1 N–H and O–H groups in total. The van der Waals surface area contributed by atoms with Crippen molar-refractivity contribution in [2.24, 2.45) is 0 Å². The Morgan fingerprint density at radius 1 is 1.08 bits per heavy atom. The molecule has 25 heavy (non-hydrogen) atoms. The van der Waals surface area contributed by atoms with E-state index in [9.17, 15) is 4.79 Å². The van der Waals surface area contributed by atoms with Gasteiger partial charge in [0.25, 0.3) is 0 Å². The normalized spacial score (nSPS) is 18.2. The maximum atomic E-state index is 13.2. The van der Waals surface area contributed by atoms with Crippen LogP contribution in [0.5, 0.6) is 0 Å². The second kappa shape index (κ2) is 7.09. The maximum Gasteiger partial charge on any atom is 0.247 e. The van der Waals surface area contributed by atoms with Gasteiger partial charge in [0.1, 0.15) is 6.04 Å². The predicted octanol–water partition coefficient (Wildman–Crippen LogP) is 4.50. The van der Waals surface area contributed by atoms with Crippen LogP contribution in [-0.4, -0.2) is 18.5 Å². The number of amides is 1. The Morgan fingerprint density at radius 2 is 1.80 bits per heavy atom. The molecular formula is C21H23ClN2O. The van der Waals surface area contributed by atoms with Crippen molar-refractivity contribution in [2.45, 2.75) is 44.2 Å². The molecule has 0 unspecified atom stereocenters. The number of benzene rings is 2. The molecule has 1 saturated carbocycles. The fraction of sp³-hybridized carbons (Fsp3) is 0.381. The van der Waals surface area contributed by atoms with Crippen LogP contribution in [0.4, 0.5) is 5.69 Å². The van der Waals surface area contributed by atoms with Crippen LogP contribution in [0.3, 0.4) is 0 Å². The molecule has 0 bridgehead atoms. The molecule has 3 nitrogen and oxygen atoms in total. The first-order valence-electron chi connectivity index (χ1n) is 9.13. The molecule has 4 heteroatoms. The summed E-state index contributed by atoms with van der Waals surface area (Å²) in [6, 6.07) is 16.1. The lowest BCUT2D eigenvalue weighted by Crippen LogP contribution is -2.43. The van der Waals surface area contributed by atoms with Gasteiger partial charge < -0.3 is 10.2 Å². The molecule has 0 radical (unpaired) electrons. The molecule has 1 amide bonds. The molecule has 1 aliphatic carbocycles. The van der Waals surface area contributed by atoms with Gasteiger partial charge in [0, 0.05) is 23.3 Å². The number of carbonyl (C=O) groups excluding carboxylic acids is 1. The maximum absolute atomic E-state index is 13.2. The first-order chi connectivity index (χ1) is 12.2. The van der Waals surface area contributed by atoms with Gasteiger partial charge in [-0.25, -0.2) is 0 Å². The van der Waals surface area contributed by atoms with Crippen molar-refractivity contribution >= 4 is 23.2 Å². The highest BCUT2D eigenvalue weighted by Crippen LogP contribution is 2.36. The van der Waals surface area contributed by atoms with E-state index in [1.807, 2.05) is 30.3 Å². The van der Waals surface area contributed by atoms with Gasteiger partial charge >= 0.3 is 0 Å². The van der Waals surface area contributed by atoms with Gasteiger partial charge in [-0.1, -0.05) is 54.8 Å². The van der Waals surface area contributed by atoms with Crippen molar-refractivity contribution in [2.75, 3.05) is 11.4 Å². The third-order valence-electron chi connectivity index (χ3n) is 5.37. The number of carbonyl (C=O) groups is 1. The first kappa shape index (κ1) is 16.5. The Labute approximate surface area is 154 Å². The zero-order valence-electron chi connectivity index (χ0n) is 14.2. The lowest BCUT2D eigenvalue weighted by molar-refractivity contribution is -0.123. The van der Waals surface area contributed by atoms with Gasteiger partial charge in [0.05, 0.1) is 0 Å². The number of hydrogen-bond acceptors (Lipinski definition) is 2. The van der Waals surface area contributed by atoms with Crippen LogP contribution in [0.2, 0.25) is 5.02 Å². The number of nitrogens with one attached hydrogen (secondary N) is 1. The topological polar surface area (TPSA) is 32.3 Å². The molecule has 2 aliphatic rings. The van der Waals surface area contributed by atoms with Crippen LogP contribution in [-0.2, 0) is 11.2 Å². The zero-order valence-corrected chi connectivity index (χ0v) is 15.0. The van der Waals surface area contributed by atoms with Gasteiger partial charge in [0.15, 0.2) is 0 Å². The third kappa shape index (κ3) is 3.38. The van der Waals surface area contributed by atoms with E-state index in [2.05, 4.69) is 28.4 Å². The van der Waals surface area contributed by atoms with Crippen molar-refractivity contribution in [1.29, 1.82) is 0 Å². The summed E-state index contributed by atoms with van der Waals surface area (Å²) in [4.78, 5) is 15.4. The highest BCUT2D eigenvalue weighted by Gasteiger charge is 2.33. The van der Waals surface area contributed by atoms with E-state index in [0.717, 1.165) is 31.4 Å². The van der Waals surface area contributed by atoms with Gasteiger partial charge in [-0.2, -0.15) is 0 Å². The van der Waals surface area contributed by atoms with Crippen molar-refractivity contribution in [3.63, 3.8) is 0 Å². The fourth-order valence-corrected chi connectivity index (χ4v) is 4.23. The SMILES string of the molecule is O=C(NC1CCCC1)[C@H](c1ccc(Cl)cc1)N1CCc2ccccc21. The molecule has 1 heterocycles. The first-order valence-corrected chi connectivity index (χ1v) is 9.50. The number of nitrogens with zero attached hydrogens (tertiary/aromatic N) is 1. The minimum atomic E-state index is -0.304. The second-order valence-corrected chi connectivity index (χ2v) is 7.45. The monoisotopic (exact) mass is 354 g/mol. The molecular weight excluding hydrogens is 332 g/mol. The molecule has 1 fully saturated rings. The van der Waals surface area contributed by atoms with Crippen LogP contribution >= 0.6 is 11.6 Å². The highest BCUT2D eigenvalue weighted by molar-refractivity contribution is 6.30. The molecule has 1 aliphatic heterocycles. The number of halogens is 1. The molecule has 130 valence electrons. The van der Waals surface area contributed by atoms with Crippen molar-refractivity contribution in [3.8, 4) is 0 Å². The van der Waals surface area contributed by atoms with Gasteiger partial charge in [-0.3, -0.25) is 4.79 Å². The van der Waals surface area contributed by atoms with Crippen LogP contribution in [0, 0.1) is 0 Å². The summed E-state index contributed by atoms with van der Waals surface area (Å²) >= 11 is 6.06. The molecule has 1 atom stereocenters. The standard InChI is InChI=1S/C21H23ClN2O/c22-17-11-9-16(10-12-17)20(21(25)23-18-6-2-3-7-18)24-14-13-15-5-1-4-8-19(15)24/h1,4-5,8-12,18,20H,2-3,6-7,13-14H2,(H,23,25)/t20-/m0/s1. The van der Waals surface area contributed by atoms with Crippen LogP contribution < -0.4 is 10.2 Å². The average Bonchev–Trinajstić information content (AvgIpc) is 3.27. The number of rotatable bonds is 4. The minimum absolute atomic E-state index is 0.103. The largest absolute Gasteiger partial charge is 0.355 e. The molecule has 2 aromatic carbocycles. The minimum Gasteiger partial charge on any atom is -0.355 e. The summed E-state index contributed by atoms with van der Waals surface area (Å²) < 4.78 is 0. The summed E-state index contributed by atoms with van der Waals surface area (Å²) in [5, 5.41) is 3.98. The average molecular weight is 355 g/mol. The van der Waals surface area contributed by atoms with E-state index in [1.54, 1.807) is 0 Å². The number of anilines is 1. The van der Waals surface area contributed by atoms with Crippen molar-refractivity contribution in [3.05, 3.63) is 64.7 Å². The second-order valence-electron chi connectivity index (χ2n) is 7.02. The van der Waals surface area contributed by atoms with Gasteiger partial charge in [-0.05, 0) is 48.6 Å². The third-order valence-corrected chi connectivity index (χ3v) is 5.62. The van der Waals surface area contributed by atoms with E-state index in [0.29, 0.717) is 11.1 Å². The van der Waals surface area contributed by atoms with Crippen molar-refractivity contribution in [1.82, 2.24) is 5.32 Å². The van der Waals surface area contributed by atoms with E-state index >= 15 is 0 Å². The summed E-state index contributed by atoms with van der Waals surface area (Å²) in [5.41, 5.74) is 3.48. The molecule has 2 aromatic rings. The van der Waals surface area contributed by atoms with Crippen LogP contribution in [0.15, 0.2) is 48.5 Å². The lowest BCUT2D eigenvalue weighted by Gasteiger charge is -2.31. The number of para-hydroxylation sites is 1. The Morgan fingerprint density at radius 3 is 2.56 bits per heavy atom. The summed E-state index contributed by atoms with van der Waals surface area (Å²) in [5.74, 6) is 0.103. The molecule has 0 aromatic heterocycles. The van der Waals surface area contributed by atoms with Crippen LogP contribution in [0.1, 0.15) is 42.9 Å². The molecule has 0 saturated heterocycles. The van der Waals surface area contributed by atoms with E-state index in [-0.39, 0.29) is 11.9 Å². The quantitative estimate of drug-likeness (QED) is 0.876. The predicted molar refractivity (Wildman–Crippen MR) is 102 cm³/mol. The summed E-state index contributed by atoms with van der Waals surface area (Å²) in [7, 11) is 0. The van der Waals surface area contributed by atoms with Crippen LogP contribution in [0.25, 0.3) is 0 Å². The lowest BCUT2D eigenvalue weighted by atomic mass is 10.0. The summed E-state index contributed by atoms with van der Waals surface area (Å²) in [6.07, 6.45) is 5.59. The number of fused-ring (bicyclic) bond motifs is 1. The zero-order chi connectivity index (χ0) is 17.2.